The third kappa shape index (κ3) is 2.37. The molecular weight excluding hydrogens is 371 g/mol. The molecule has 3 heteroatoms. The Bertz CT molecular complexity index is 651. The van der Waals surface area contributed by atoms with E-state index in [9.17, 15) is 0 Å². The molecule has 125 valence electrons. The fraction of sp³-hybridized carbons (Fsp3) is 0.550. The summed E-state index contributed by atoms with van der Waals surface area (Å²) in [7, 11) is 7.08. The van der Waals surface area contributed by atoms with Gasteiger partial charge >= 0.3 is 146 Å². The quantitative estimate of drug-likeness (QED) is 0.586. The van der Waals surface area contributed by atoms with Crippen molar-refractivity contribution in [3.63, 3.8) is 0 Å². The molecule has 3 aliphatic rings. The van der Waals surface area contributed by atoms with Crippen LogP contribution in [-0.4, -0.2) is 17.3 Å². The molecule has 2 bridgehead atoms. The van der Waals surface area contributed by atoms with E-state index in [1.54, 1.807) is 0 Å². The van der Waals surface area contributed by atoms with Crippen molar-refractivity contribution in [1.29, 1.82) is 0 Å². The molecule has 3 radical (unpaired) electrons. The zero-order valence-corrected chi connectivity index (χ0v) is 16.5. The molecule has 0 amide bonds. The van der Waals surface area contributed by atoms with Gasteiger partial charge in [-0.05, 0) is 0 Å². The molecule has 0 N–H and O–H groups in total. The monoisotopic (exact) mass is 397 g/mol. The molecule has 1 spiro atoms. The van der Waals surface area contributed by atoms with Gasteiger partial charge in [-0.3, -0.25) is 0 Å². The van der Waals surface area contributed by atoms with Crippen molar-refractivity contribution in [2.45, 2.75) is 49.9 Å². The number of benzene rings is 1. The van der Waals surface area contributed by atoms with Gasteiger partial charge < -0.3 is 0 Å². The van der Waals surface area contributed by atoms with Crippen LogP contribution >= 0.6 is 10.1 Å². The summed E-state index contributed by atoms with van der Waals surface area (Å²) in [6.45, 7) is 4.83. The summed E-state index contributed by atoms with van der Waals surface area (Å²) in [5.74, 6) is 7.60. The van der Waals surface area contributed by atoms with Crippen molar-refractivity contribution in [2.75, 3.05) is 0 Å². The van der Waals surface area contributed by atoms with Gasteiger partial charge in [-0.1, -0.05) is 0 Å². The van der Waals surface area contributed by atoms with Crippen molar-refractivity contribution in [2.24, 2.45) is 16.7 Å². The second-order valence-electron chi connectivity index (χ2n) is 8.30. The van der Waals surface area contributed by atoms with E-state index >= 15 is 0 Å². The Labute approximate surface area is 145 Å². The van der Waals surface area contributed by atoms with Crippen LogP contribution in [0.2, 0.25) is 10.6 Å². The van der Waals surface area contributed by atoms with Crippen LogP contribution in [0.1, 0.15) is 38.7 Å². The van der Waals surface area contributed by atoms with Crippen molar-refractivity contribution >= 4 is 27.4 Å². The maximum absolute atomic E-state index is 7.08. The maximum atomic E-state index is 7.08. The van der Waals surface area contributed by atoms with E-state index in [-0.39, 0.29) is 5.41 Å². The first-order valence-electron chi connectivity index (χ1n) is 8.57. The van der Waals surface area contributed by atoms with E-state index < -0.39 is 11.2 Å². The normalized spacial score (nSPS) is 40.8. The minimum absolute atomic E-state index is 0.231. The number of fused-ring (bicyclic) bond motifs is 1. The van der Waals surface area contributed by atoms with Crippen molar-refractivity contribution in [3.8, 4) is 0 Å². The molecule has 3 unspecified atom stereocenters. The Balaban J connectivity index is 1.56. The van der Waals surface area contributed by atoms with Gasteiger partial charge in [0.05, 0.1) is 0 Å². The van der Waals surface area contributed by atoms with Crippen LogP contribution in [0.25, 0.3) is 6.08 Å². The Hall–Kier alpha value is -0.271. The number of rotatable bonds is 3. The van der Waals surface area contributed by atoms with E-state index in [0.29, 0.717) is 16.8 Å². The first-order chi connectivity index (χ1) is 10.7. The van der Waals surface area contributed by atoms with Crippen LogP contribution in [-0.2, 0) is 3.82 Å². The molecule has 2 aliphatic carbocycles. The van der Waals surface area contributed by atoms with Crippen molar-refractivity contribution < 1.29 is 3.82 Å². The Morgan fingerprint density at radius 3 is 2.74 bits per heavy atom. The summed E-state index contributed by atoms with van der Waals surface area (Å²) >= 11 is -3.54. The average molecular weight is 397 g/mol. The fourth-order valence-electron chi connectivity index (χ4n) is 5.36. The molecule has 3 fully saturated rings. The summed E-state index contributed by atoms with van der Waals surface area (Å²) < 4.78 is 6.52. The van der Waals surface area contributed by atoms with Crippen molar-refractivity contribution in [3.05, 3.63) is 47.8 Å². The predicted octanol–water partition coefficient (Wildman–Crippen LogP) is 5.81. The van der Waals surface area contributed by atoms with E-state index in [4.69, 9.17) is 19.7 Å². The van der Waals surface area contributed by atoms with Gasteiger partial charge in [-0.15, -0.1) is 0 Å². The van der Waals surface area contributed by atoms with E-state index in [0.717, 1.165) is 17.7 Å². The van der Waals surface area contributed by atoms with Crippen LogP contribution < -0.4 is 0 Å². The van der Waals surface area contributed by atoms with Crippen LogP contribution in [0.4, 0.5) is 0 Å². The zero-order valence-electron chi connectivity index (χ0n) is 14.0. The first kappa shape index (κ1) is 16.2. The predicted molar refractivity (Wildman–Crippen MR) is 99.4 cm³/mol. The number of hydrogen-bond donors (Lipinski definition) is 0. The Morgan fingerprint density at radius 2 is 2.09 bits per heavy atom. The molecule has 23 heavy (non-hydrogen) atoms. The van der Waals surface area contributed by atoms with Crippen LogP contribution in [0.3, 0.4) is 0 Å². The second-order valence-corrected chi connectivity index (χ2v) is 19.1. The van der Waals surface area contributed by atoms with Gasteiger partial charge in [0.15, 0.2) is 0 Å². The third-order valence-electron chi connectivity index (χ3n) is 6.81. The van der Waals surface area contributed by atoms with Gasteiger partial charge in [0.2, 0.25) is 0 Å². The minimum atomic E-state index is -3.54. The molecule has 1 heterocycles. The van der Waals surface area contributed by atoms with Gasteiger partial charge in [0.1, 0.15) is 0 Å². The number of halogens is 1. The van der Waals surface area contributed by atoms with Crippen LogP contribution in [0, 0.1) is 22.6 Å². The first-order valence-corrected chi connectivity index (χ1v) is 14.9. The van der Waals surface area contributed by atoms with Crippen molar-refractivity contribution in [1.82, 2.24) is 0 Å². The van der Waals surface area contributed by atoms with Crippen LogP contribution in [0.5, 0.6) is 0 Å². The third-order valence-corrected chi connectivity index (χ3v) is 14.0. The van der Waals surface area contributed by atoms with Gasteiger partial charge in [0.25, 0.3) is 0 Å². The van der Waals surface area contributed by atoms with E-state index in [1.165, 1.54) is 18.4 Å². The zero-order chi connectivity index (χ0) is 16.4. The molecule has 2 saturated carbocycles. The molecule has 1 aliphatic heterocycles. The average Bonchev–Trinajstić information content (AvgIpc) is 2.95. The molecular formula is C20H26ClOSe. The summed E-state index contributed by atoms with van der Waals surface area (Å²) in [5.41, 5.74) is 1.74. The summed E-state index contributed by atoms with van der Waals surface area (Å²) in [6, 6.07) is 10.3. The topological polar surface area (TPSA) is 9.23 Å². The fourth-order valence-corrected chi connectivity index (χ4v) is 14.2. The Morgan fingerprint density at radius 1 is 1.35 bits per heavy atom. The molecule has 1 nitrogen and oxygen atoms in total. The molecule has 3 atom stereocenters. The molecule has 1 aromatic rings. The standard InChI is InChI=1S/C20H26ClOSe/c1-19(2)17-11-12-20(19)15-23(3,21,22-18(20)14-17)13-7-10-16-8-5-4-6-9-16/h3-10,17-18H,11-15H2,1-2H3/b10-7+. The molecule has 0 aromatic heterocycles. The summed E-state index contributed by atoms with van der Waals surface area (Å²) in [6.07, 6.45) is 8.28. The van der Waals surface area contributed by atoms with E-state index in [1.807, 2.05) is 18.2 Å². The second kappa shape index (κ2) is 4.88. The SMILES string of the molecule is [CH][Se]1(Cl)(C/C=C/c2ccccc2)CC23CCC(CC2O1)C3(C)C. The molecule has 4 rings (SSSR count). The number of hydrogen-bond acceptors (Lipinski definition) is 1. The molecule has 1 aromatic carbocycles. The van der Waals surface area contributed by atoms with Crippen LogP contribution in [0.15, 0.2) is 36.4 Å². The number of allylic oxidation sites excluding steroid dienone is 1. The Kier molecular flexibility index (Phi) is 3.44. The van der Waals surface area contributed by atoms with Gasteiger partial charge in [0, 0.05) is 0 Å². The van der Waals surface area contributed by atoms with E-state index in [2.05, 4.69) is 38.1 Å². The summed E-state index contributed by atoms with van der Waals surface area (Å²) in [5, 5.41) is 1.62. The van der Waals surface area contributed by atoms with Gasteiger partial charge in [-0.25, -0.2) is 0 Å². The molecule has 1 saturated heterocycles. The van der Waals surface area contributed by atoms with Gasteiger partial charge in [-0.2, -0.15) is 0 Å². The summed E-state index contributed by atoms with van der Waals surface area (Å²) in [4.78, 5) is 0.